The first-order valence-electron chi connectivity index (χ1n) is 10.0. The molecule has 29 heavy (non-hydrogen) atoms. The van der Waals surface area contributed by atoms with Crippen molar-refractivity contribution in [3.05, 3.63) is 58.8 Å². The number of nitrogens with zero attached hydrogens (tertiary/aromatic N) is 2. The number of rotatable bonds is 3. The van der Waals surface area contributed by atoms with Crippen LogP contribution in [0.2, 0.25) is 0 Å². The van der Waals surface area contributed by atoms with Crippen LogP contribution in [0.4, 0.5) is 0 Å². The minimum Gasteiger partial charge on any atom is -0.481 e. The summed E-state index contributed by atoms with van der Waals surface area (Å²) in [4.78, 5) is 39.0. The molecule has 0 bridgehead atoms. The average Bonchev–Trinajstić information content (AvgIpc) is 3.45. The predicted molar refractivity (Wildman–Crippen MR) is 110 cm³/mol. The van der Waals surface area contributed by atoms with Crippen molar-refractivity contribution in [3.8, 4) is 0 Å². The number of aromatic nitrogens is 1. The molecule has 1 unspecified atom stereocenters. The molecule has 1 amide bonds. The molecule has 1 aromatic heterocycles. The number of likely N-dealkylation sites (tertiary alicyclic amines) is 1. The summed E-state index contributed by atoms with van der Waals surface area (Å²) >= 11 is 0. The van der Waals surface area contributed by atoms with E-state index in [1.54, 1.807) is 12.1 Å². The lowest BCUT2D eigenvalue weighted by Gasteiger charge is -2.33. The van der Waals surface area contributed by atoms with E-state index in [2.05, 4.69) is 0 Å². The van der Waals surface area contributed by atoms with E-state index < -0.39 is 5.97 Å². The number of piperidine rings is 1. The summed E-state index contributed by atoms with van der Waals surface area (Å²) in [5.41, 5.74) is 1.39. The lowest BCUT2D eigenvalue weighted by atomic mass is 9.91. The monoisotopic (exact) mass is 390 g/mol. The first kappa shape index (κ1) is 17.9. The number of hydrogen-bond donors (Lipinski definition) is 1. The van der Waals surface area contributed by atoms with Gasteiger partial charge in [0.25, 0.3) is 0 Å². The molecule has 2 aromatic carbocycles. The number of pyridine rings is 1. The second-order valence-corrected chi connectivity index (χ2v) is 8.29. The van der Waals surface area contributed by atoms with E-state index in [1.807, 2.05) is 45.9 Å². The Kier molecular flexibility index (Phi) is 3.98. The first-order valence-corrected chi connectivity index (χ1v) is 10.0. The number of amides is 1. The van der Waals surface area contributed by atoms with Crippen molar-refractivity contribution >= 4 is 33.7 Å². The molecule has 2 fully saturated rings. The van der Waals surface area contributed by atoms with Gasteiger partial charge < -0.3 is 14.6 Å². The Labute approximate surface area is 167 Å². The van der Waals surface area contributed by atoms with Crippen LogP contribution in [0.1, 0.15) is 19.3 Å². The van der Waals surface area contributed by atoms with Gasteiger partial charge in [-0.05, 0) is 48.9 Å². The number of benzene rings is 2. The number of fused-ring (bicyclic) bond motifs is 2. The van der Waals surface area contributed by atoms with E-state index in [0.29, 0.717) is 23.9 Å². The molecule has 1 saturated carbocycles. The molecule has 6 nitrogen and oxygen atoms in total. The van der Waals surface area contributed by atoms with Gasteiger partial charge in [0.1, 0.15) is 6.54 Å². The van der Waals surface area contributed by atoms with Gasteiger partial charge in [-0.15, -0.1) is 0 Å². The van der Waals surface area contributed by atoms with E-state index in [9.17, 15) is 19.5 Å². The smallest absolute Gasteiger partial charge is 0.307 e. The summed E-state index contributed by atoms with van der Waals surface area (Å²) in [7, 11) is 0. The second-order valence-electron chi connectivity index (χ2n) is 8.29. The van der Waals surface area contributed by atoms with E-state index in [-0.39, 0.29) is 29.2 Å². The summed E-state index contributed by atoms with van der Waals surface area (Å²) in [6, 6.07) is 14.8. The Morgan fingerprint density at radius 2 is 1.52 bits per heavy atom. The van der Waals surface area contributed by atoms with Crippen LogP contribution in [0.3, 0.4) is 0 Å². The van der Waals surface area contributed by atoms with E-state index in [1.165, 1.54) is 0 Å². The van der Waals surface area contributed by atoms with Gasteiger partial charge in [0, 0.05) is 23.9 Å². The number of carboxylic acid groups (broad SMARTS) is 1. The van der Waals surface area contributed by atoms with E-state index in [4.69, 9.17) is 0 Å². The molecular weight excluding hydrogens is 368 g/mol. The van der Waals surface area contributed by atoms with E-state index >= 15 is 0 Å². The third-order valence-electron chi connectivity index (χ3n) is 6.77. The highest BCUT2D eigenvalue weighted by Crippen LogP contribution is 2.59. The Balaban J connectivity index is 1.45. The Hall–Kier alpha value is -3.15. The highest BCUT2D eigenvalue weighted by Gasteiger charge is 2.59. The maximum atomic E-state index is 13.1. The maximum absolute atomic E-state index is 13.1. The Morgan fingerprint density at radius 1 is 0.966 bits per heavy atom. The molecule has 1 N–H and O–H groups in total. The summed E-state index contributed by atoms with van der Waals surface area (Å²) in [6.45, 7) is 1.36. The van der Waals surface area contributed by atoms with Crippen LogP contribution in [-0.2, 0) is 16.1 Å². The number of hydrogen-bond acceptors (Lipinski definition) is 3. The van der Waals surface area contributed by atoms with Gasteiger partial charge in [0.2, 0.25) is 5.91 Å². The standard InChI is InChI=1S/C23H22N2O4/c26-20(24-11-9-23(10-12-24)13-17(23)22(28)29)14-25-18-7-3-1-5-15(18)21(27)16-6-2-4-8-19(16)25/h1-8,17H,9-14H2,(H,28,29). The van der Waals surface area contributed by atoms with Crippen LogP contribution in [-0.4, -0.2) is 39.5 Å². The molecule has 2 heterocycles. The van der Waals surface area contributed by atoms with Crippen LogP contribution in [0.25, 0.3) is 21.8 Å². The molecule has 1 saturated heterocycles. The van der Waals surface area contributed by atoms with Gasteiger partial charge in [-0.2, -0.15) is 0 Å². The molecule has 1 aliphatic heterocycles. The largest absolute Gasteiger partial charge is 0.481 e. The van der Waals surface area contributed by atoms with Crippen LogP contribution in [0.15, 0.2) is 53.3 Å². The van der Waals surface area contributed by atoms with Crippen LogP contribution < -0.4 is 5.43 Å². The fourth-order valence-electron chi connectivity index (χ4n) is 4.93. The number of carbonyl (C=O) groups excluding carboxylic acids is 1. The zero-order valence-electron chi connectivity index (χ0n) is 16.0. The van der Waals surface area contributed by atoms with Gasteiger partial charge in [0.15, 0.2) is 5.43 Å². The lowest BCUT2D eigenvalue weighted by Crippen LogP contribution is -2.41. The van der Waals surface area contributed by atoms with Crippen LogP contribution >= 0.6 is 0 Å². The van der Waals surface area contributed by atoms with Crippen molar-refractivity contribution in [2.24, 2.45) is 11.3 Å². The highest BCUT2D eigenvalue weighted by molar-refractivity contribution is 5.94. The fraction of sp³-hybridized carbons (Fsp3) is 0.348. The predicted octanol–water partition coefficient (Wildman–Crippen LogP) is 2.87. The SMILES string of the molecule is O=C(O)C1CC12CCN(C(=O)Cn1c3ccccc3c(=O)c3ccccc31)CC2. The molecule has 6 heteroatoms. The van der Waals surface area contributed by atoms with E-state index in [0.717, 1.165) is 30.3 Å². The minimum absolute atomic E-state index is 0.00586. The molecule has 1 atom stereocenters. The third kappa shape index (κ3) is 2.82. The summed E-state index contributed by atoms with van der Waals surface area (Å²) in [5, 5.41) is 10.5. The minimum atomic E-state index is -0.712. The summed E-state index contributed by atoms with van der Waals surface area (Å²) < 4.78 is 1.93. The van der Waals surface area contributed by atoms with Crippen molar-refractivity contribution in [1.82, 2.24) is 9.47 Å². The van der Waals surface area contributed by atoms with Gasteiger partial charge in [-0.1, -0.05) is 24.3 Å². The highest BCUT2D eigenvalue weighted by atomic mass is 16.4. The van der Waals surface area contributed by atoms with Gasteiger partial charge in [-0.25, -0.2) is 0 Å². The number of para-hydroxylation sites is 2. The number of carbonyl (C=O) groups is 2. The van der Waals surface area contributed by atoms with Crippen LogP contribution in [0.5, 0.6) is 0 Å². The molecule has 3 aromatic rings. The third-order valence-corrected chi connectivity index (χ3v) is 6.77. The first-order chi connectivity index (χ1) is 14.0. The molecule has 2 aliphatic rings. The average molecular weight is 390 g/mol. The van der Waals surface area contributed by atoms with Gasteiger partial charge in [-0.3, -0.25) is 14.4 Å². The Morgan fingerprint density at radius 3 is 2.03 bits per heavy atom. The van der Waals surface area contributed by atoms with Crippen molar-refractivity contribution in [3.63, 3.8) is 0 Å². The number of aliphatic carboxylic acids is 1. The molecule has 1 spiro atoms. The fourth-order valence-corrected chi connectivity index (χ4v) is 4.93. The summed E-state index contributed by atoms with van der Waals surface area (Å²) in [6.07, 6.45) is 2.24. The van der Waals surface area contributed by atoms with Gasteiger partial charge in [0.05, 0.1) is 17.0 Å². The molecule has 0 radical (unpaired) electrons. The normalized spacial score (nSPS) is 20.3. The zero-order valence-corrected chi connectivity index (χ0v) is 16.0. The summed E-state index contributed by atoms with van der Waals surface area (Å²) in [5.74, 6) is -0.950. The zero-order chi connectivity index (χ0) is 20.2. The Bertz CT molecular complexity index is 1140. The number of carboxylic acids is 1. The van der Waals surface area contributed by atoms with Gasteiger partial charge >= 0.3 is 5.97 Å². The second kappa shape index (κ2) is 6.44. The molecule has 5 rings (SSSR count). The lowest BCUT2D eigenvalue weighted by molar-refractivity contribution is -0.139. The topological polar surface area (TPSA) is 79.6 Å². The van der Waals surface area contributed by atoms with Crippen molar-refractivity contribution in [1.29, 1.82) is 0 Å². The molecule has 1 aliphatic carbocycles. The maximum Gasteiger partial charge on any atom is 0.307 e. The quantitative estimate of drug-likeness (QED) is 0.698. The van der Waals surface area contributed by atoms with Crippen LogP contribution in [0, 0.1) is 11.3 Å². The van der Waals surface area contributed by atoms with Crippen molar-refractivity contribution in [2.45, 2.75) is 25.8 Å². The van der Waals surface area contributed by atoms with Crippen molar-refractivity contribution in [2.75, 3.05) is 13.1 Å². The molecular formula is C23H22N2O4. The van der Waals surface area contributed by atoms with Crippen molar-refractivity contribution < 1.29 is 14.7 Å². The molecule has 148 valence electrons.